The number of rotatable bonds is 5. The van der Waals surface area contributed by atoms with Crippen molar-refractivity contribution in [2.75, 3.05) is 20.2 Å². The molecule has 0 aliphatic carbocycles. The Labute approximate surface area is 165 Å². The molecule has 2 aromatic rings. The number of nitrogens with zero attached hydrogens (tertiary/aromatic N) is 1. The second kappa shape index (κ2) is 8.20. The minimum atomic E-state index is -2.85. The second-order valence-corrected chi connectivity index (χ2v) is 7.39. The van der Waals surface area contributed by atoms with Crippen molar-refractivity contribution in [3.63, 3.8) is 0 Å². The van der Waals surface area contributed by atoms with E-state index < -0.39 is 19.0 Å². The Morgan fingerprint density at radius 3 is 2.96 bits per heavy atom. The van der Waals surface area contributed by atoms with Crippen molar-refractivity contribution in [3.8, 4) is 0 Å². The van der Waals surface area contributed by atoms with Crippen LogP contribution in [0.5, 0.6) is 0 Å². The van der Waals surface area contributed by atoms with Gasteiger partial charge in [0.05, 0.1) is 17.8 Å². The number of ether oxygens (including phenoxy) is 2. The molecule has 0 saturated carbocycles. The molecule has 0 amide bonds. The Hall–Kier alpha value is -1.89. The molecule has 1 atom stereocenters. The van der Waals surface area contributed by atoms with E-state index in [4.69, 9.17) is 25.2 Å². The van der Waals surface area contributed by atoms with Gasteiger partial charge in [-0.3, -0.25) is 4.90 Å². The maximum absolute atomic E-state index is 12.8. The standard InChI is InChI=1S/C19H20ClNO4S/c1-3-25-18(22)16-10-12-11-21(9-8-15(12)26-16)17(19(23)24-2)13-6-4-5-7-14(13)20/h4-7,10,17H,3,8-9,11H2,1-2H3/t17-/m0/s1/i2D3. The van der Waals surface area contributed by atoms with Gasteiger partial charge in [-0.05, 0) is 36.6 Å². The molecule has 0 bridgehead atoms. The minimum Gasteiger partial charge on any atom is -0.468 e. The Morgan fingerprint density at radius 2 is 2.23 bits per heavy atom. The fourth-order valence-electron chi connectivity index (χ4n) is 3.10. The molecule has 1 aliphatic heterocycles. The summed E-state index contributed by atoms with van der Waals surface area (Å²) in [6, 6.07) is 7.59. The smallest absolute Gasteiger partial charge is 0.348 e. The first-order valence-corrected chi connectivity index (χ1v) is 9.39. The van der Waals surface area contributed by atoms with Crippen molar-refractivity contribution in [2.45, 2.75) is 25.9 Å². The van der Waals surface area contributed by atoms with E-state index in [9.17, 15) is 9.59 Å². The summed E-state index contributed by atoms with van der Waals surface area (Å²) in [6.45, 7) is 2.89. The van der Waals surface area contributed by atoms with Crippen LogP contribution in [-0.2, 0) is 27.2 Å². The Bertz CT molecular complexity index is 915. The van der Waals surface area contributed by atoms with Crippen molar-refractivity contribution < 1.29 is 23.2 Å². The van der Waals surface area contributed by atoms with E-state index in [2.05, 4.69) is 0 Å². The average molecular weight is 397 g/mol. The summed E-state index contributed by atoms with van der Waals surface area (Å²) in [5, 5.41) is 0.350. The Morgan fingerprint density at radius 1 is 1.42 bits per heavy atom. The molecule has 1 aromatic heterocycles. The maximum atomic E-state index is 12.8. The first-order valence-electron chi connectivity index (χ1n) is 9.69. The SMILES string of the molecule is [2H]C([2H])([2H])OC(=O)[C@H](c1ccccc1Cl)N1CCc2sc(C(=O)OCC)cc2C1. The molecule has 138 valence electrons. The summed E-state index contributed by atoms with van der Waals surface area (Å²) < 4.78 is 31.6. The van der Waals surface area contributed by atoms with Crippen LogP contribution in [0.25, 0.3) is 0 Å². The predicted molar refractivity (Wildman–Crippen MR) is 101 cm³/mol. The molecule has 0 N–H and O–H groups in total. The molecule has 0 fully saturated rings. The zero-order valence-electron chi connectivity index (χ0n) is 17.2. The lowest BCUT2D eigenvalue weighted by molar-refractivity contribution is -0.147. The lowest BCUT2D eigenvalue weighted by Gasteiger charge is -2.33. The van der Waals surface area contributed by atoms with Gasteiger partial charge in [0, 0.05) is 23.0 Å². The molecule has 5 nitrogen and oxygen atoms in total. The molecular weight excluding hydrogens is 374 g/mol. The highest BCUT2D eigenvalue weighted by atomic mass is 35.5. The number of fused-ring (bicyclic) bond motifs is 1. The number of thiophene rings is 1. The molecular formula is C19H20ClNO4S. The molecule has 26 heavy (non-hydrogen) atoms. The number of methoxy groups -OCH3 is 1. The Kier molecular flexibility index (Phi) is 4.79. The molecule has 2 heterocycles. The number of carbonyl (C=O) groups excluding carboxylic acids is 2. The molecule has 0 unspecified atom stereocenters. The highest BCUT2D eigenvalue weighted by Gasteiger charge is 2.33. The minimum absolute atomic E-state index is 0.295. The van der Waals surface area contributed by atoms with Crippen LogP contribution >= 0.6 is 22.9 Å². The van der Waals surface area contributed by atoms with Crippen LogP contribution in [-0.4, -0.2) is 37.0 Å². The molecule has 7 heteroatoms. The van der Waals surface area contributed by atoms with Crippen molar-refractivity contribution in [2.24, 2.45) is 0 Å². The molecule has 0 saturated heterocycles. The third kappa shape index (κ3) is 3.77. The van der Waals surface area contributed by atoms with E-state index >= 15 is 0 Å². The van der Waals surface area contributed by atoms with Crippen LogP contribution < -0.4 is 0 Å². The number of halogens is 1. The van der Waals surface area contributed by atoms with Crippen molar-refractivity contribution in [1.29, 1.82) is 0 Å². The van der Waals surface area contributed by atoms with Gasteiger partial charge in [-0.15, -0.1) is 11.3 Å². The first-order chi connectivity index (χ1) is 13.7. The lowest BCUT2D eigenvalue weighted by Crippen LogP contribution is -2.38. The first kappa shape index (κ1) is 15.2. The van der Waals surface area contributed by atoms with E-state index in [1.807, 2.05) is 4.90 Å². The number of hydrogen-bond donors (Lipinski definition) is 0. The normalized spacial score (nSPS) is 17.4. The molecule has 1 aliphatic rings. The van der Waals surface area contributed by atoms with Crippen molar-refractivity contribution in [1.82, 2.24) is 4.90 Å². The van der Waals surface area contributed by atoms with Gasteiger partial charge >= 0.3 is 11.9 Å². The quantitative estimate of drug-likeness (QED) is 0.718. The number of carbonyl (C=O) groups is 2. The van der Waals surface area contributed by atoms with Crippen LogP contribution in [0.4, 0.5) is 0 Å². The monoisotopic (exact) mass is 396 g/mol. The van der Waals surface area contributed by atoms with E-state index in [1.165, 1.54) is 11.3 Å². The fourth-order valence-corrected chi connectivity index (χ4v) is 4.40. The topological polar surface area (TPSA) is 55.8 Å². The van der Waals surface area contributed by atoms with Gasteiger partial charge in [-0.2, -0.15) is 0 Å². The third-order valence-electron chi connectivity index (χ3n) is 4.26. The van der Waals surface area contributed by atoms with Crippen LogP contribution in [0.15, 0.2) is 30.3 Å². The van der Waals surface area contributed by atoms with E-state index in [0.29, 0.717) is 41.6 Å². The van der Waals surface area contributed by atoms with Gasteiger partial charge in [0.15, 0.2) is 0 Å². The summed E-state index contributed by atoms with van der Waals surface area (Å²) in [4.78, 5) is 28.2. The number of hydrogen-bond acceptors (Lipinski definition) is 6. The van der Waals surface area contributed by atoms with Crippen molar-refractivity contribution in [3.05, 3.63) is 56.2 Å². The largest absolute Gasteiger partial charge is 0.468 e. The fraction of sp³-hybridized carbons (Fsp3) is 0.368. The van der Waals surface area contributed by atoms with Crippen LogP contribution in [0.2, 0.25) is 5.02 Å². The second-order valence-electron chi connectivity index (χ2n) is 5.85. The van der Waals surface area contributed by atoms with Gasteiger partial charge in [0.1, 0.15) is 10.9 Å². The van der Waals surface area contributed by atoms with E-state index in [0.717, 1.165) is 10.4 Å². The number of benzene rings is 1. The third-order valence-corrected chi connectivity index (χ3v) is 5.82. The molecule has 3 rings (SSSR count). The zero-order chi connectivity index (χ0) is 21.2. The van der Waals surface area contributed by atoms with Crippen molar-refractivity contribution >= 4 is 34.9 Å². The lowest BCUT2D eigenvalue weighted by atomic mass is 10.0. The van der Waals surface area contributed by atoms with Gasteiger partial charge in [0.25, 0.3) is 0 Å². The van der Waals surface area contributed by atoms with Crippen LogP contribution in [0.3, 0.4) is 0 Å². The highest BCUT2D eigenvalue weighted by Crippen LogP contribution is 2.35. The summed E-state index contributed by atoms with van der Waals surface area (Å²) in [5.74, 6) is -1.26. The molecule has 0 spiro atoms. The maximum Gasteiger partial charge on any atom is 0.348 e. The number of esters is 2. The van der Waals surface area contributed by atoms with Gasteiger partial charge < -0.3 is 9.47 Å². The highest BCUT2D eigenvalue weighted by molar-refractivity contribution is 7.14. The summed E-state index contributed by atoms with van der Waals surface area (Å²) in [5.41, 5.74) is 1.38. The van der Waals surface area contributed by atoms with Gasteiger partial charge in [0.2, 0.25) is 0 Å². The van der Waals surface area contributed by atoms with E-state index in [1.54, 1.807) is 37.3 Å². The predicted octanol–water partition coefficient (Wildman–Crippen LogP) is 3.85. The Balaban J connectivity index is 1.90. The van der Waals surface area contributed by atoms with Crippen LogP contribution in [0, 0.1) is 0 Å². The van der Waals surface area contributed by atoms with Gasteiger partial charge in [-0.25, -0.2) is 9.59 Å². The summed E-state index contributed by atoms with van der Waals surface area (Å²) in [7, 11) is -2.85. The molecule has 0 radical (unpaired) electrons. The van der Waals surface area contributed by atoms with E-state index in [-0.39, 0.29) is 5.97 Å². The summed E-state index contributed by atoms with van der Waals surface area (Å²) >= 11 is 7.68. The summed E-state index contributed by atoms with van der Waals surface area (Å²) in [6.07, 6.45) is 0.613. The zero-order valence-corrected chi connectivity index (χ0v) is 15.7. The average Bonchev–Trinajstić information content (AvgIpc) is 3.06. The van der Waals surface area contributed by atoms with Crippen LogP contribution in [0.1, 0.15) is 42.8 Å². The van der Waals surface area contributed by atoms with Gasteiger partial charge in [-0.1, -0.05) is 29.8 Å². The molecule has 1 aromatic carbocycles.